The molecule has 1 saturated carbocycles. The number of nitrogen functional groups attached to an aromatic ring is 1. The van der Waals surface area contributed by atoms with E-state index < -0.39 is 0 Å². The molecule has 0 amide bonds. The predicted molar refractivity (Wildman–Crippen MR) is 75.3 cm³/mol. The lowest BCUT2D eigenvalue weighted by molar-refractivity contribution is 0.702. The molecule has 20 heavy (non-hydrogen) atoms. The first-order chi connectivity index (χ1) is 9.67. The van der Waals surface area contributed by atoms with Gasteiger partial charge in [0.1, 0.15) is 0 Å². The van der Waals surface area contributed by atoms with E-state index in [1.165, 1.54) is 6.42 Å². The fourth-order valence-electron chi connectivity index (χ4n) is 2.17. The molecule has 106 valence electrons. The summed E-state index contributed by atoms with van der Waals surface area (Å²) in [6.45, 7) is 3.20. The second kappa shape index (κ2) is 5.04. The van der Waals surface area contributed by atoms with E-state index >= 15 is 0 Å². The number of nitrogens with two attached hydrogens (primary N) is 1. The average Bonchev–Trinajstić information content (AvgIpc) is 2.96. The zero-order valence-electron chi connectivity index (χ0n) is 11.6. The predicted octanol–water partition coefficient (Wildman–Crippen LogP) is 0.435. The van der Waals surface area contributed by atoms with E-state index in [2.05, 4.69) is 32.4 Å². The summed E-state index contributed by atoms with van der Waals surface area (Å²) in [6, 6.07) is 1.81. The van der Waals surface area contributed by atoms with Crippen molar-refractivity contribution in [3.05, 3.63) is 18.5 Å². The first-order valence-electron chi connectivity index (χ1n) is 6.61. The highest BCUT2D eigenvalue weighted by Gasteiger charge is 2.33. The smallest absolute Gasteiger partial charge is 0.257 e. The van der Waals surface area contributed by atoms with Crippen LogP contribution in [0.25, 0.3) is 5.95 Å². The van der Waals surface area contributed by atoms with Crippen molar-refractivity contribution in [1.29, 1.82) is 0 Å². The van der Waals surface area contributed by atoms with E-state index in [9.17, 15) is 0 Å². The molecule has 2 heterocycles. The highest BCUT2D eigenvalue weighted by Crippen LogP contribution is 2.38. The van der Waals surface area contributed by atoms with Gasteiger partial charge < -0.3 is 4.90 Å². The Hall–Kier alpha value is -2.22. The van der Waals surface area contributed by atoms with Crippen molar-refractivity contribution >= 4 is 11.9 Å². The van der Waals surface area contributed by atoms with Gasteiger partial charge >= 0.3 is 0 Å². The van der Waals surface area contributed by atoms with E-state index in [0.717, 1.165) is 18.4 Å². The summed E-state index contributed by atoms with van der Waals surface area (Å²) in [7, 11) is 1.98. The van der Waals surface area contributed by atoms with Crippen molar-refractivity contribution < 1.29 is 0 Å². The van der Waals surface area contributed by atoms with E-state index in [4.69, 9.17) is 5.84 Å². The average molecular weight is 274 g/mol. The highest BCUT2D eigenvalue weighted by atomic mass is 15.4. The standard InChI is InChI=1S/C12H18N8/c1-8-6-9(8)7-19(2)11-15-10(18-13)16-12(17-11)20-5-3-4-14-20/h3-5,8-9H,6-7,13H2,1-2H3,(H,15,16,17,18). The Morgan fingerprint density at radius 2 is 2.25 bits per heavy atom. The molecule has 1 aliphatic carbocycles. The van der Waals surface area contributed by atoms with Gasteiger partial charge in [-0.2, -0.15) is 20.1 Å². The SMILES string of the molecule is CC1CC1CN(C)c1nc(NN)nc(-n2cccn2)n1. The Morgan fingerprint density at radius 1 is 1.45 bits per heavy atom. The molecule has 0 saturated heterocycles. The first kappa shape index (κ1) is 12.8. The molecule has 8 nitrogen and oxygen atoms in total. The molecular weight excluding hydrogens is 256 g/mol. The fourth-order valence-corrected chi connectivity index (χ4v) is 2.17. The molecule has 3 rings (SSSR count). The number of hydrogen-bond acceptors (Lipinski definition) is 7. The van der Waals surface area contributed by atoms with E-state index in [1.807, 2.05) is 18.0 Å². The molecule has 8 heteroatoms. The molecule has 1 fully saturated rings. The van der Waals surface area contributed by atoms with Crippen LogP contribution in [0.5, 0.6) is 0 Å². The van der Waals surface area contributed by atoms with Crippen LogP contribution in [0, 0.1) is 11.8 Å². The molecule has 3 N–H and O–H groups in total. The molecule has 0 spiro atoms. The van der Waals surface area contributed by atoms with Gasteiger partial charge in [0.25, 0.3) is 5.95 Å². The van der Waals surface area contributed by atoms with Gasteiger partial charge in [0.05, 0.1) is 0 Å². The number of nitrogens with one attached hydrogen (secondary N) is 1. The van der Waals surface area contributed by atoms with Crippen LogP contribution in [0.1, 0.15) is 13.3 Å². The lowest BCUT2D eigenvalue weighted by atomic mass is 10.3. The molecule has 1 aliphatic rings. The molecular formula is C12H18N8. The minimum Gasteiger partial charge on any atom is -0.343 e. The summed E-state index contributed by atoms with van der Waals surface area (Å²) >= 11 is 0. The van der Waals surface area contributed by atoms with E-state index in [0.29, 0.717) is 17.8 Å². The van der Waals surface area contributed by atoms with Gasteiger partial charge in [0, 0.05) is 26.0 Å². The maximum absolute atomic E-state index is 5.43. The fraction of sp³-hybridized carbons (Fsp3) is 0.500. The van der Waals surface area contributed by atoms with Crippen LogP contribution in [0.15, 0.2) is 18.5 Å². The maximum Gasteiger partial charge on any atom is 0.257 e. The molecule has 0 aromatic carbocycles. The van der Waals surface area contributed by atoms with Gasteiger partial charge in [-0.1, -0.05) is 6.92 Å². The van der Waals surface area contributed by atoms with Gasteiger partial charge in [0.15, 0.2) is 0 Å². The lowest BCUT2D eigenvalue weighted by Crippen LogP contribution is -2.25. The summed E-state index contributed by atoms with van der Waals surface area (Å²) in [6.07, 6.45) is 4.72. The molecule has 2 unspecified atom stereocenters. The van der Waals surface area contributed by atoms with Gasteiger partial charge in [0.2, 0.25) is 11.9 Å². The monoisotopic (exact) mass is 274 g/mol. The Kier molecular flexibility index (Phi) is 3.23. The van der Waals surface area contributed by atoms with Crippen molar-refractivity contribution in [2.24, 2.45) is 17.7 Å². The molecule has 0 radical (unpaired) electrons. The third-order valence-corrected chi connectivity index (χ3v) is 3.58. The second-order valence-corrected chi connectivity index (χ2v) is 5.21. The third-order valence-electron chi connectivity index (χ3n) is 3.58. The summed E-state index contributed by atoms with van der Waals surface area (Å²) in [4.78, 5) is 15.0. The number of hydrogen-bond donors (Lipinski definition) is 2. The van der Waals surface area contributed by atoms with Gasteiger partial charge in [-0.15, -0.1) is 0 Å². The van der Waals surface area contributed by atoms with Crippen molar-refractivity contribution in [3.63, 3.8) is 0 Å². The van der Waals surface area contributed by atoms with Crippen molar-refractivity contribution in [1.82, 2.24) is 24.7 Å². The molecule has 2 atom stereocenters. The zero-order valence-corrected chi connectivity index (χ0v) is 11.6. The number of anilines is 2. The van der Waals surface area contributed by atoms with Crippen LogP contribution >= 0.6 is 0 Å². The van der Waals surface area contributed by atoms with Crippen molar-refractivity contribution in [2.45, 2.75) is 13.3 Å². The van der Waals surface area contributed by atoms with Crippen LogP contribution in [-0.2, 0) is 0 Å². The normalized spacial score (nSPS) is 20.8. The summed E-state index contributed by atoms with van der Waals surface area (Å²) in [5.74, 6) is 8.31. The number of hydrazine groups is 1. The second-order valence-electron chi connectivity index (χ2n) is 5.21. The van der Waals surface area contributed by atoms with Crippen LogP contribution < -0.4 is 16.2 Å². The molecule has 0 bridgehead atoms. The van der Waals surface area contributed by atoms with Crippen molar-refractivity contribution in [2.75, 3.05) is 23.9 Å². The Balaban J connectivity index is 1.87. The summed E-state index contributed by atoms with van der Waals surface area (Å²) < 4.78 is 1.58. The van der Waals surface area contributed by atoms with Crippen LogP contribution in [0.4, 0.5) is 11.9 Å². The van der Waals surface area contributed by atoms with E-state index in [-0.39, 0.29) is 0 Å². The minimum atomic E-state index is 0.330. The third kappa shape index (κ3) is 2.55. The Morgan fingerprint density at radius 3 is 2.85 bits per heavy atom. The molecule has 0 aliphatic heterocycles. The Bertz CT molecular complexity index is 581. The van der Waals surface area contributed by atoms with Crippen LogP contribution in [0.3, 0.4) is 0 Å². The summed E-state index contributed by atoms with van der Waals surface area (Å²) in [5.41, 5.74) is 2.47. The molecule has 2 aromatic heterocycles. The van der Waals surface area contributed by atoms with Crippen molar-refractivity contribution in [3.8, 4) is 5.95 Å². The largest absolute Gasteiger partial charge is 0.343 e. The minimum absolute atomic E-state index is 0.330. The molecule has 2 aromatic rings. The first-order valence-corrected chi connectivity index (χ1v) is 6.61. The van der Waals surface area contributed by atoms with Gasteiger partial charge in [-0.25, -0.2) is 10.5 Å². The zero-order chi connectivity index (χ0) is 14.1. The quantitative estimate of drug-likeness (QED) is 0.603. The highest BCUT2D eigenvalue weighted by molar-refractivity contribution is 5.39. The lowest BCUT2D eigenvalue weighted by Gasteiger charge is -2.17. The Labute approximate surface area is 117 Å². The number of nitrogens with zero attached hydrogens (tertiary/aromatic N) is 6. The topological polar surface area (TPSA) is 97.8 Å². The van der Waals surface area contributed by atoms with Gasteiger partial charge in [-0.3, -0.25) is 5.43 Å². The van der Waals surface area contributed by atoms with E-state index in [1.54, 1.807) is 17.1 Å². The van der Waals surface area contributed by atoms with Crippen LogP contribution in [0.2, 0.25) is 0 Å². The number of rotatable bonds is 5. The van der Waals surface area contributed by atoms with Crippen LogP contribution in [-0.4, -0.2) is 38.3 Å². The van der Waals surface area contributed by atoms with Gasteiger partial charge in [-0.05, 0) is 24.3 Å². The number of aromatic nitrogens is 5. The summed E-state index contributed by atoms with van der Waals surface area (Å²) in [5, 5.41) is 4.12. The maximum atomic E-state index is 5.43.